The summed E-state index contributed by atoms with van der Waals surface area (Å²) < 4.78 is 0. The minimum Gasteiger partial charge on any atom is -0.508 e. The summed E-state index contributed by atoms with van der Waals surface area (Å²) in [5.41, 5.74) is 4.22. The first kappa shape index (κ1) is 10.8. The second-order valence-corrected chi connectivity index (χ2v) is 4.42. The Hall–Kier alpha value is -2.35. The Morgan fingerprint density at radius 3 is 2.67 bits per heavy atom. The first-order valence-corrected chi connectivity index (χ1v) is 5.89. The first-order chi connectivity index (χ1) is 8.74. The zero-order chi connectivity index (χ0) is 12.5. The Balaban J connectivity index is 2.19. The smallest absolute Gasteiger partial charge is 0.115 e. The van der Waals surface area contributed by atoms with Crippen LogP contribution in [0.3, 0.4) is 0 Å². The summed E-state index contributed by atoms with van der Waals surface area (Å²) in [5.74, 6) is 0.296. The summed E-state index contributed by atoms with van der Waals surface area (Å²) in [6.07, 6.45) is 1.88. The first-order valence-electron chi connectivity index (χ1n) is 5.89. The van der Waals surface area contributed by atoms with Gasteiger partial charge in [-0.3, -0.25) is 4.98 Å². The molecular weight excluding hydrogens is 222 g/mol. The number of rotatable bonds is 1. The number of aromatic nitrogens is 1. The van der Waals surface area contributed by atoms with Gasteiger partial charge in [-0.25, -0.2) is 0 Å². The van der Waals surface area contributed by atoms with Crippen molar-refractivity contribution in [3.63, 3.8) is 0 Å². The van der Waals surface area contributed by atoms with E-state index in [1.54, 1.807) is 12.1 Å². The Labute approximate surface area is 106 Å². The zero-order valence-electron chi connectivity index (χ0n) is 10.1. The van der Waals surface area contributed by atoms with Gasteiger partial charge in [0.05, 0.1) is 5.52 Å². The van der Waals surface area contributed by atoms with E-state index in [0.29, 0.717) is 5.75 Å². The highest BCUT2D eigenvalue weighted by atomic mass is 16.3. The molecule has 0 saturated heterocycles. The van der Waals surface area contributed by atoms with Crippen LogP contribution in [0.2, 0.25) is 0 Å². The lowest BCUT2D eigenvalue weighted by Crippen LogP contribution is -1.85. The molecule has 0 fully saturated rings. The lowest BCUT2D eigenvalue weighted by atomic mass is 10.0. The van der Waals surface area contributed by atoms with Crippen molar-refractivity contribution in [2.45, 2.75) is 6.92 Å². The lowest BCUT2D eigenvalue weighted by Gasteiger charge is -2.07. The molecule has 2 aromatic carbocycles. The summed E-state index contributed by atoms with van der Waals surface area (Å²) in [5, 5.41) is 10.6. The Bertz CT molecular complexity index is 719. The van der Waals surface area contributed by atoms with Gasteiger partial charge in [0.2, 0.25) is 0 Å². The molecule has 1 N–H and O–H groups in total. The van der Waals surface area contributed by atoms with Crippen LogP contribution < -0.4 is 0 Å². The fourth-order valence-corrected chi connectivity index (χ4v) is 2.19. The monoisotopic (exact) mass is 235 g/mol. The summed E-state index contributed by atoms with van der Waals surface area (Å²) >= 11 is 0. The number of phenols is 1. The second kappa shape index (κ2) is 4.15. The van der Waals surface area contributed by atoms with E-state index in [-0.39, 0.29) is 0 Å². The Kier molecular flexibility index (Phi) is 2.49. The van der Waals surface area contributed by atoms with Crippen molar-refractivity contribution in [2.24, 2.45) is 0 Å². The molecule has 3 aromatic rings. The summed E-state index contributed by atoms with van der Waals surface area (Å²) in [6.45, 7) is 1.99. The van der Waals surface area contributed by atoms with E-state index >= 15 is 0 Å². The van der Waals surface area contributed by atoms with Crippen molar-refractivity contribution in [3.05, 3.63) is 60.3 Å². The number of fused-ring (bicyclic) bond motifs is 1. The van der Waals surface area contributed by atoms with Gasteiger partial charge in [0.1, 0.15) is 5.75 Å². The molecule has 0 bridgehead atoms. The molecular formula is C16H13NO. The third-order valence-electron chi connectivity index (χ3n) is 3.11. The van der Waals surface area contributed by atoms with Crippen molar-refractivity contribution < 1.29 is 5.11 Å². The number of phenolic OH excluding ortho intramolecular Hbond substituents is 1. The highest BCUT2D eigenvalue weighted by Gasteiger charge is 2.04. The number of aromatic hydroxyl groups is 1. The fourth-order valence-electron chi connectivity index (χ4n) is 2.19. The maximum atomic E-state index is 9.44. The van der Waals surface area contributed by atoms with E-state index in [1.165, 1.54) is 0 Å². The van der Waals surface area contributed by atoms with Gasteiger partial charge in [-0.1, -0.05) is 24.3 Å². The number of nitrogens with zero attached hydrogens (tertiary/aromatic N) is 1. The quantitative estimate of drug-likeness (QED) is 0.693. The van der Waals surface area contributed by atoms with E-state index in [2.05, 4.69) is 17.1 Å². The van der Waals surface area contributed by atoms with E-state index in [9.17, 15) is 5.11 Å². The topological polar surface area (TPSA) is 33.1 Å². The molecule has 0 aliphatic heterocycles. The molecule has 0 radical (unpaired) electrons. The molecule has 1 heterocycles. The minimum absolute atomic E-state index is 0.296. The molecule has 88 valence electrons. The second-order valence-electron chi connectivity index (χ2n) is 4.42. The molecule has 2 nitrogen and oxygen atoms in total. The average molecular weight is 235 g/mol. The van der Waals surface area contributed by atoms with Gasteiger partial charge in [-0.05, 0) is 42.3 Å². The van der Waals surface area contributed by atoms with Crippen molar-refractivity contribution in [1.29, 1.82) is 0 Å². The molecule has 0 spiro atoms. The van der Waals surface area contributed by atoms with Gasteiger partial charge < -0.3 is 5.11 Å². The van der Waals surface area contributed by atoms with Crippen LogP contribution in [0.1, 0.15) is 5.56 Å². The number of pyridine rings is 1. The van der Waals surface area contributed by atoms with Crippen LogP contribution in [0.5, 0.6) is 5.75 Å². The SMILES string of the molecule is Cc1cc(O)ccc1-c1cnc2ccccc2c1. The molecule has 0 aliphatic rings. The largest absolute Gasteiger partial charge is 0.508 e. The van der Waals surface area contributed by atoms with E-state index in [1.807, 2.05) is 37.4 Å². The van der Waals surface area contributed by atoms with E-state index in [4.69, 9.17) is 0 Å². The summed E-state index contributed by atoms with van der Waals surface area (Å²) in [7, 11) is 0. The van der Waals surface area contributed by atoms with Crippen LogP contribution in [0, 0.1) is 6.92 Å². The van der Waals surface area contributed by atoms with E-state index < -0.39 is 0 Å². The van der Waals surface area contributed by atoms with Crippen LogP contribution in [0.4, 0.5) is 0 Å². The number of aryl methyl sites for hydroxylation is 1. The van der Waals surface area contributed by atoms with Crippen molar-refractivity contribution in [2.75, 3.05) is 0 Å². The Morgan fingerprint density at radius 2 is 1.83 bits per heavy atom. The van der Waals surface area contributed by atoms with Gasteiger partial charge in [0, 0.05) is 17.1 Å². The molecule has 0 amide bonds. The molecule has 0 aliphatic carbocycles. The lowest BCUT2D eigenvalue weighted by molar-refractivity contribution is 0.475. The molecule has 3 rings (SSSR count). The van der Waals surface area contributed by atoms with Crippen LogP contribution in [0.15, 0.2) is 54.7 Å². The summed E-state index contributed by atoms with van der Waals surface area (Å²) in [4.78, 5) is 4.46. The maximum Gasteiger partial charge on any atom is 0.115 e. The molecule has 1 aromatic heterocycles. The van der Waals surface area contributed by atoms with Gasteiger partial charge in [-0.2, -0.15) is 0 Å². The predicted octanol–water partition coefficient (Wildman–Crippen LogP) is 3.92. The molecule has 2 heteroatoms. The highest BCUT2D eigenvalue weighted by molar-refractivity contribution is 5.84. The predicted molar refractivity (Wildman–Crippen MR) is 73.6 cm³/mol. The maximum absolute atomic E-state index is 9.44. The van der Waals surface area contributed by atoms with Gasteiger partial charge in [0.25, 0.3) is 0 Å². The van der Waals surface area contributed by atoms with Gasteiger partial charge in [0.15, 0.2) is 0 Å². The van der Waals surface area contributed by atoms with E-state index in [0.717, 1.165) is 27.6 Å². The molecule has 0 atom stereocenters. The molecule has 18 heavy (non-hydrogen) atoms. The summed E-state index contributed by atoms with van der Waals surface area (Å²) in [6, 6.07) is 15.6. The highest BCUT2D eigenvalue weighted by Crippen LogP contribution is 2.27. The van der Waals surface area contributed by atoms with Crippen LogP contribution in [-0.2, 0) is 0 Å². The van der Waals surface area contributed by atoms with Crippen LogP contribution in [0.25, 0.3) is 22.0 Å². The molecule has 0 unspecified atom stereocenters. The number of para-hydroxylation sites is 1. The number of hydrogen-bond donors (Lipinski definition) is 1. The number of benzene rings is 2. The standard InChI is InChI=1S/C16H13NO/c1-11-8-14(18)6-7-15(11)13-9-12-4-2-3-5-16(12)17-10-13/h2-10,18H,1H3. The van der Waals surface area contributed by atoms with Crippen molar-refractivity contribution in [1.82, 2.24) is 4.98 Å². The van der Waals surface area contributed by atoms with Gasteiger partial charge >= 0.3 is 0 Å². The Morgan fingerprint density at radius 1 is 1.00 bits per heavy atom. The number of hydrogen-bond acceptors (Lipinski definition) is 2. The third-order valence-corrected chi connectivity index (χ3v) is 3.11. The van der Waals surface area contributed by atoms with Gasteiger partial charge in [-0.15, -0.1) is 0 Å². The average Bonchev–Trinajstić information content (AvgIpc) is 2.38. The van der Waals surface area contributed by atoms with Crippen molar-refractivity contribution in [3.8, 4) is 16.9 Å². The molecule has 0 saturated carbocycles. The fraction of sp³-hybridized carbons (Fsp3) is 0.0625. The van der Waals surface area contributed by atoms with Crippen molar-refractivity contribution >= 4 is 10.9 Å². The van der Waals surface area contributed by atoms with Crippen LogP contribution in [-0.4, -0.2) is 10.1 Å². The normalized spacial score (nSPS) is 10.7. The zero-order valence-corrected chi connectivity index (χ0v) is 10.1. The van der Waals surface area contributed by atoms with Crippen LogP contribution >= 0.6 is 0 Å². The third kappa shape index (κ3) is 1.82. The minimum atomic E-state index is 0.296.